The molecule has 1 aliphatic rings. The van der Waals surface area contributed by atoms with Crippen LogP contribution in [-0.2, 0) is 22.6 Å². The molecule has 9 nitrogen and oxygen atoms in total. The number of carbonyl (C=O) groups excluding carboxylic acids is 1. The van der Waals surface area contributed by atoms with E-state index in [-0.39, 0.29) is 43.1 Å². The van der Waals surface area contributed by atoms with E-state index in [1.807, 2.05) is 20.8 Å². The summed E-state index contributed by atoms with van der Waals surface area (Å²) < 4.78 is 13.7. The molecule has 11 heteroatoms. The summed E-state index contributed by atoms with van der Waals surface area (Å²) in [4.78, 5) is 38.2. The maximum Gasteiger partial charge on any atom is 0.348 e. The van der Waals surface area contributed by atoms with E-state index in [4.69, 9.17) is 9.47 Å². The molecule has 206 valence electrons. The number of rotatable bonds is 7. The second kappa shape index (κ2) is 12.2. The molecule has 37 heavy (non-hydrogen) atoms. The third-order valence-corrected chi connectivity index (χ3v) is 7.07. The average molecular weight is 559 g/mol. The number of pyridine rings is 1. The first kappa shape index (κ1) is 32.3. The van der Waals surface area contributed by atoms with E-state index < -0.39 is 22.9 Å². The number of halogens is 2. The Bertz CT molecular complexity index is 1240. The number of aromatic nitrogens is 1. The molecule has 0 saturated heterocycles. The van der Waals surface area contributed by atoms with Crippen molar-refractivity contribution in [3.63, 3.8) is 0 Å². The van der Waals surface area contributed by atoms with Gasteiger partial charge in [0.15, 0.2) is 5.75 Å². The van der Waals surface area contributed by atoms with Gasteiger partial charge in [-0.2, -0.15) is 0 Å². The first-order valence-corrected chi connectivity index (χ1v) is 11.6. The maximum atomic E-state index is 12.4. The van der Waals surface area contributed by atoms with Crippen LogP contribution in [0.25, 0.3) is 0 Å². The third-order valence-electron chi connectivity index (χ3n) is 7.07. The van der Waals surface area contributed by atoms with Crippen molar-refractivity contribution in [3.05, 3.63) is 50.4 Å². The highest BCUT2D eigenvalue weighted by atomic mass is 35.5. The Morgan fingerprint density at radius 3 is 2.35 bits per heavy atom. The van der Waals surface area contributed by atoms with Crippen molar-refractivity contribution in [3.8, 4) is 17.2 Å². The lowest BCUT2D eigenvalue weighted by Crippen LogP contribution is -2.52. The zero-order valence-electron chi connectivity index (χ0n) is 22.2. The topological polar surface area (TPSA) is 118 Å². The number of hydrogen-bond donors (Lipinski definition) is 2. The number of aryl methyl sites for hydroxylation is 1. The summed E-state index contributed by atoms with van der Waals surface area (Å²) in [5, 5.41) is 20.1. The Labute approximate surface area is 229 Å². The predicted octanol–water partition coefficient (Wildman–Crippen LogP) is 3.58. The van der Waals surface area contributed by atoms with Gasteiger partial charge in [0.2, 0.25) is 11.0 Å². The van der Waals surface area contributed by atoms with Crippen LogP contribution in [0, 0.1) is 33.6 Å². The van der Waals surface area contributed by atoms with Gasteiger partial charge in [-0.05, 0) is 78.2 Å². The van der Waals surface area contributed by atoms with Crippen LogP contribution in [0.4, 0.5) is 0 Å². The molecule has 0 spiro atoms. The molecule has 0 radical (unpaired) electrons. The number of carboxylic acids is 1. The molecule has 2 N–H and O–H groups in total. The molecule has 0 aliphatic carbocycles. The minimum absolute atomic E-state index is 0. The number of ether oxygens (including phenoxy) is 2. The molecule has 1 aliphatic heterocycles. The third kappa shape index (κ3) is 6.22. The van der Waals surface area contributed by atoms with Gasteiger partial charge in [-0.1, -0.05) is 0 Å². The first-order chi connectivity index (χ1) is 16.3. The number of esters is 1. The van der Waals surface area contributed by atoms with Crippen LogP contribution in [0.2, 0.25) is 0 Å². The van der Waals surface area contributed by atoms with Crippen LogP contribution in [0.1, 0.15) is 41.3 Å². The molecule has 0 bridgehead atoms. The van der Waals surface area contributed by atoms with Crippen molar-refractivity contribution in [2.75, 3.05) is 20.6 Å². The fourth-order valence-electron chi connectivity index (χ4n) is 4.63. The van der Waals surface area contributed by atoms with Crippen LogP contribution in [-0.4, -0.2) is 57.9 Å². The van der Waals surface area contributed by atoms with Crippen LogP contribution in [0.15, 0.2) is 17.1 Å². The van der Waals surface area contributed by atoms with E-state index in [0.717, 1.165) is 22.3 Å². The van der Waals surface area contributed by atoms with Crippen molar-refractivity contribution >= 4 is 36.8 Å². The monoisotopic (exact) mass is 558 g/mol. The van der Waals surface area contributed by atoms with E-state index in [1.165, 1.54) is 6.07 Å². The number of nitrogens with zero attached hydrogens (tertiary/aromatic N) is 2. The highest BCUT2D eigenvalue weighted by Gasteiger charge is 2.48. The summed E-state index contributed by atoms with van der Waals surface area (Å²) in [6.07, 6.45) is 2.43. The van der Waals surface area contributed by atoms with Gasteiger partial charge in [0, 0.05) is 30.3 Å². The maximum absolute atomic E-state index is 12.4. The molecule has 2 aromatic rings. The SMILES string of the molecule is Cc1c(C)c2c(c(C)c1OC(=O)CN(C)C)CC(CCn1ccc(=O)c(O)c1C)C(C)(C(=O)O)O2.Cl.Cl. The van der Waals surface area contributed by atoms with Crippen LogP contribution in [0.5, 0.6) is 17.2 Å². The fourth-order valence-corrected chi connectivity index (χ4v) is 4.63. The van der Waals surface area contributed by atoms with Gasteiger partial charge in [0.25, 0.3) is 0 Å². The average Bonchev–Trinajstić information content (AvgIpc) is 2.78. The Morgan fingerprint density at radius 2 is 1.78 bits per heavy atom. The number of aromatic hydroxyl groups is 1. The van der Waals surface area contributed by atoms with Crippen molar-refractivity contribution in [2.24, 2.45) is 5.92 Å². The van der Waals surface area contributed by atoms with Crippen LogP contribution >= 0.6 is 24.8 Å². The van der Waals surface area contributed by atoms with E-state index >= 15 is 0 Å². The molecule has 2 unspecified atom stereocenters. The van der Waals surface area contributed by atoms with Gasteiger partial charge in [-0.3, -0.25) is 14.5 Å². The fraction of sp³-hybridized carbons (Fsp3) is 0.500. The number of carbonyl (C=O) groups is 2. The Morgan fingerprint density at radius 1 is 1.16 bits per heavy atom. The second-order valence-electron chi connectivity index (χ2n) is 9.74. The standard InChI is InChI=1S/C26H34N2O7.2ClH/c1-14-15(2)24-19(16(3)23(14)34-21(30)13-27(6)7)12-18(26(5,35-24)25(32)33)8-10-28-11-9-20(29)22(31)17(28)4;;/h9,11,18,31H,8,10,12-13H2,1-7H3,(H,32,33);2*1H. The van der Waals surface area contributed by atoms with Gasteiger partial charge in [0.05, 0.1) is 12.2 Å². The highest BCUT2D eigenvalue weighted by Crippen LogP contribution is 2.46. The highest BCUT2D eigenvalue weighted by molar-refractivity contribution is 5.85. The minimum atomic E-state index is -1.48. The van der Waals surface area contributed by atoms with Gasteiger partial charge < -0.3 is 24.3 Å². The number of benzene rings is 1. The molecule has 1 aromatic carbocycles. The van der Waals surface area contributed by atoms with Crippen molar-refractivity contribution < 1.29 is 29.3 Å². The normalized spacial score (nSPS) is 18.2. The Kier molecular flexibility index (Phi) is 10.6. The Balaban J connectivity index is 0.00000342. The zero-order chi connectivity index (χ0) is 26.2. The summed E-state index contributed by atoms with van der Waals surface area (Å²) in [6.45, 7) is 9.28. The van der Waals surface area contributed by atoms with E-state index in [2.05, 4.69) is 0 Å². The molecular weight excluding hydrogens is 523 g/mol. The summed E-state index contributed by atoms with van der Waals surface area (Å²) in [6, 6.07) is 1.29. The largest absolute Gasteiger partial charge is 0.503 e. The van der Waals surface area contributed by atoms with Crippen LogP contribution in [0.3, 0.4) is 0 Å². The smallest absolute Gasteiger partial charge is 0.348 e. The summed E-state index contributed by atoms with van der Waals surface area (Å²) >= 11 is 0. The first-order valence-electron chi connectivity index (χ1n) is 11.6. The van der Waals surface area contributed by atoms with E-state index in [0.29, 0.717) is 36.6 Å². The van der Waals surface area contributed by atoms with E-state index in [1.54, 1.807) is 43.6 Å². The van der Waals surface area contributed by atoms with Gasteiger partial charge in [-0.15, -0.1) is 24.8 Å². The van der Waals surface area contributed by atoms with Crippen molar-refractivity contribution in [1.82, 2.24) is 9.47 Å². The molecular formula is C26H36Cl2N2O7. The number of carboxylic acid groups (broad SMARTS) is 1. The van der Waals surface area contributed by atoms with Crippen LogP contribution < -0.4 is 14.9 Å². The summed E-state index contributed by atoms with van der Waals surface area (Å²) in [7, 11) is 3.57. The number of hydrogen-bond acceptors (Lipinski definition) is 7. The second-order valence-corrected chi connectivity index (χ2v) is 9.74. The summed E-state index contributed by atoms with van der Waals surface area (Å²) in [5.41, 5.74) is 1.54. The van der Waals surface area contributed by atoms with Crippen molar-refractivity contribution in [2.45, 2.75) is 59.6 Å². The minimum Gasteiger partial charge on any atom is -0.503 e. The van der Waals surface area contributed by atoms with Gasteiger partial charge in [0.1, 0.15) is 11.5 Å². The molecule has 0 fully saturated rings. The number of fused-ring (bicyclic) bond motifs is 1. The number of likely N-dealkylation sites (N-methyl/N-ethyl adjacent to an activating group) is 1. The molecule has 2 atom stereocenters. The van der Waals surface area contributed by atoms with Gasteiger partial charge in [-0.25, -0.2) is 4.79 Å². The van der Waals surface area contributed by atoms with Crippen molar-refractivity contribution in [1.29, 1.82) is 0 Å². The molecule has 1 aromatic heterocycles. The quantitative estimate of drug-likeness (QED) is 0.391. The molecule has 3 rings (SSSR count). The molecule has 2 heterocycles. The zero-order valence-corrected chi connectivity index (χ0v) is 23.8. The lowest BCUT2D eigenvalue weighted by molar-refractivity contribution is -0.160. The number of aliphatic carboxylic acids is 1. The van der Waals surface area contributed by atoms with Gasteiger partial charge >= 0.3 is 11.9 Å². The molecule has 0 saturated carbocycles. The molecule has 0 amide bonds. The van der Waals surface area contributed by atoms with E-state index in [9.17, 15) is 24.6 Å². The predicted molar refractivity (Wildman–Crippen MR) is 145 cm³/mol. The lowest BCUT2D eigenvalue weighted by atomic mass is 9.77. The Hall–Kier alpha value is -2.75. The lowest BCUT2D eigenvalue weighted by Gasteiger charge is -2.41. The summed E-state index contributed by atoms with van der Waals surface area (Å²) in [5.74, 6) is -1.17.